The van der Waals surface area contributed by atoms with Gasteiger partial charge in [-0.2, -0.15) is 0 Å². The summed E-state index contributed by atoms with van der Waals surface area (Å²) in [5.74, 6) is 1.53. The first kappa shape index (κ1) is 16.8. The van der Waals surface area contributed by atoms with Crippen molar-refractivity contribution in [2.75, 3.05) is 20.8 Å². The Morgan fingerprint density at radius 2 is 1.64 bits per heavy atom. The van der Waals surface area contributed by atoms with Crippen molar-refractivity contribution in [2.45, 2.75) is 0 Å². The third-order valence-electron chi connectivity index (χ3n) is 2.97. The fraction of sp³-hybridized carbons (Fsp3) is 0.188. The molecular weight excluding hydrogens is 416 g/mol. The summed E-state index contributed by atoms with van der Waals surface area (Å²) in [5.41, 5.74) is 0.501. The lowest BCUT2D eigenvalue weighted by atomic mass is 10.1. The fourth-order valence-electron chi connectivity index (χ4n) is 1.85. The Labute approximate surface area is 145 Å². The van der Waals surface area contributed by atoms with Gasteiger partial charge >= 0.3 is 0 Å². The van der Waals surface area contributed by atoms with E-state index in [-0.39, 0.29) is 12.4 Å². The molecule has 0 unspecified atom stereocenters. The van der Waals surface area contributed by atoms with E-state index in [1.54, 1.807) is 25.3 Å². The molecule has 0 N–H and O–H groups in total. The average Bonchev–Trinajstić information content (AvgIpc) is 2.53. The van der Waals surface area contributed by atoms with E-state index < -0.39 is 0 Å². The number of para-hydroxylation sites is 1. The number of carbonyl (C=O) groups is 1. The third-order valence-corrected chi connectivity index (χ3v) is 4.22. The van der Waals surface area contributed by atoms with Crippen molar-refractivity contribution in [1.82, 2.24) is 0 Å². The van der Waals surface area contributed by atoms with E-state index in [1.165, 1.54) is 7.11 Å². The number of benzene rings is 2. The highest BCUT2D eigenvalue weighted by molar-refractivity contribution is 9.11. The predicted molar refractivity (Wildman–Crippen MR) is 91.2 cm³/mol. The van der Waals surface area contributed by atoms with Crippen molar-refractivity contribution in [1.29, 1.82) is 0 Å². The fourth-order valence-corrected chi connectivity index (χ4v) is 3.08. The van der Waals surface area contributed by atoms with Gasteiger partial charge in [0.15, 0.2) is 23.9 Å². The van der Waals surface area contributed by atoms with E-state index >= 15 is 0 Å². The van der Waals surface area contributed by atoms with Crippen LogP contribution >= 0.6 is 31.9 Å². The summed E-state index contributed by atoms with van der Waals surface area (Å²) in [6.45, 7) is -0.0727. The topological polar surface area (TPSA) is 44.8 Å². The molecule has 0 heterocycles. The first-order valence-electron chi connectivity index (χ1n) is 6.39. The lowest BCUT2D eigenvalue weighted by molar-refractivity contribution is 0.0920. The number of methoxy groups -OCH3 is 2. The van der Waals surface area contributed by atoms with Crippen molar-refractivity contribution in [3.8, 4) is 17.2 Å². The van der Waals surface area contributed by atoms with Gasteiger partial charge in [-0.1, -0.05) is 6.07 Å². The summed E-state index contributed by atoms with van der Waals surface area (Å²) in [6, 6.07) is 10.6. The Morgan fingerprint density at radius 3 is 2.23 bits per heavy atom. The monoisotopic (exact) mass is 428 g/mol. The minimum atomic E-state index is -0.149. The maximum absolute atomic E-state index is 12.3. The largest absolute Gasteiger partial charge is 0.493 e. The van der Waals surface area contributed by atoms with Crippen LogP contribution in [0.4, 0.5) is 0 Å². The number of ether oxygens (including phenoxy) is 3. The second-order valence-corrected chi connectivity index (χ2v) is 6.04. The number of hydrogen-bond donors (Lipinski definition) is 0. The van der Waals surface area contributed by atoms with Gasteiger partial charge in [0.2, 0.25) is 0 Å². The number of halogens is 2. The molecule has 0 amide bonds. The van der Waals surface area contributed by atoms with Gasteiger partial charge in [-0.05, 0) is 62.2 Å². The zero-order valence-corrected chi connectivity index (χ0v) is 15.2. The molecule has 2 aromatic rings. The van der Waals surface area contributed by atoms with E-state index in [2.05, 4.69) is 31.9 Å². The quantitative estimate of drug-likeness (QED) is 0.634. The van der Waals surface area contributed by atoms with Crippen molar-refractivity contribution in [2.24, 2.45) is 0 Å². The van der Waals surface area contributed by atoms with Crippen LogP contribution in [0.25, 0.3) is 0 Å². The van der Waals surface area contributed by atoms with Crippen molar-refractivity contribution in [3.05, 3.63) is 50.9 Å². The molecule has 116 valence electrons. The van der Waals surface area contributed by atoms with E-state index in [0.717, 1.165) is 8.95 Å². The Bertz CT molecular complexity index is 666. The number of hydrogen-bond acceptors (Lipinski definition) is 4. The standard InChI is InChI=1S/C16H14Br2O4/c1-20-14-7-6-10(8-15(14)21-2)13(19)9-22-16-11(17)4-3-5-12(16)18/h3-8H,9H2,1-2H3. The summed E-state index contributed by atoms with van der Waals surface area (Å²) in [7, 11) is 3.08. The summed E-state index contributed by atoms with van der Waals surface area (Å²) in [5, 5.41) is 0. The van der Waals surface area contributed by atoms with Crippen molar-refractivity contribution >= 4 is 37.6 Å². The molecule has 0 atom stereocenters. The highest BCUT2D eigenvalue weighted by Gasteiger charge is 2.13. The number of carbonyl (C=O) groups excluding carboxylic acids is 1. The summed E-state index contributed by atoms with van der Waals surface area (Å²) in [4.78, 5) is 12.3. The third kappa shape index (κ3) is 3.81. The van der Waals surface area contributed by atoms with E-state index in [0.29, 0.717) is 22.8 Å². The van der Waals surface area contributed by atoms with Gasteiger partial charge in [0.25, 0.3) is 0 Å². The van der Waals surface area contributed by atoms with Crippen LogP contribution in [-0.4, -0.2) is 26.6 Å². The van der Waals surface area contributed by atoms with Gasteiger partial charge in [0.1, 0.15) is 5.75 Å². The first-order valence-corrected chi connectivity index (χ1v) is 7.97. The molecule has 0 aliphatic carbocycles. The van der Waals surface area contributed by atoms with Crippen LogP contribution in [0.2, 0.25) is 0 Å². The molecule has 2 rings (SSSR count). The van der Waals surface area contributed by atoms with E-state index in [4.69, 9.17) is 14.2 Å². The van der Waals surface area contributed by atoms with Crippen LogP contribution in [0.15, 0.2) is 45.3 Å². The average molecular weight is 430 g/mol. The summed E-state index contributed by atoms with van der Waals surface area (Å²) < 4.78 is 17.5. The summed E-state index contributed by atoms with van der Waals surface area (Å²) >= 11 is 6.78. The second kappa shape index (κ2) is 7.65. The molecule has 0 aromatic heterocycles. The number of Topliss-reactive ketones (excluding diaryl/α,β-unsaturated/α-hetero) is 1. The van der Waals surface area contributed by atoms with Gasteiger partial charge in [-0.3, -0.25) is 4.79 Å². The maximum Gasteiger partial charge on any atom is 0.200 e. The Hall–Kier alpha value is -1.53. The Kier molecular flexibility index (Phi) is 5.85. The van der Waals surface area contributed by atoms with Crippen LogP contribution in [0.5, 0.6) is 17.2 Å². The molecular formula is C16H14Br2O4. The molecule has 0 fully saturated rings. The Balaban J connectivity index is 2.13. The van der Waals surface area contributed by atoms with Gasteiger partial charge in [-0.15, -0.1) is 0 Å². The van der Waals surface area contributed by atoms with Crippen molar-refractivity contribution in [3.63, 3.8) is 0 Å². The minimum absolute atomic E-state index is 0.0727. The number of rotatable bonds is 6. The zero-order chi connectivity index (χ0) is 16.1. The van der Waals surface area contributed by atoms with Gasteiger partial charge in [0.05, 0.1) is 23.2 Å². The molecule has 0 spiro atoms. The highest BCUT2D eigenvalue weighted by atomic mass is 79.9. The number of ketones is 1. The highest BCUT2D eigenvalue weighted by Crippen LogP contribution is 2.33. The zero-order valence-electron chi connectivity index (χ0n) is 12.1. The van der Waals surface area contributed by atoms with Gasteiger partial charge in [0, 0.05) is 5.56 Å². The molecule has 0 aliphatic heterocycles. The van der Waals surface area contributed by atoms with Crippen LogP contribution in [0.3, 0.4) is 0 Å². The van der Waals surface area contributed by atoms with Crippen LogP contribution < -0.4 is 14.2 Å². The molecule has 2 aromatic carbocycles. The second-order valence-electron chi connectivity index (χ2n) is 4.33. The molecule has 4 nitrogen and oxygen atoms in total. The lowest BCUT2D eigenvalue weighted by Crippen LogP contribution is -2.12. The Morgan fingerprint density at radius 1 is 1.00 bits per heavy atom. The molecule has 6 heteroatoms. The molecule has 22 heavy (non-hydrogen) atoms. The van der Waals surface area contributed by atoms with Crippen LogP contribution in [0.1, 0.15) is 10.4 Å². The normalized spacial score (nSPS) is 10.2. The molecule has 0 radical (unpaired) electrons. The van der Waals surface area contributed by atoms with Crippen molar-refractivity contribution < 1.29 is 19.0 Å². The minimum Gasteiger partial charge on any atom is -0.493 e. The van der Waals surface area contributed by atoms with Gasteiger partial charge < -0.3 is 14.2 Å². The maximum atomic E-state index is 12.3. The molecule has 0 saturated carbocycles. The molecule has 0 saturated heterocycles. The van der Waals surface area contributed by atoms with E-state index in [9.17, 15) is 4.79 Å². The SMILES string of the molecule is COc1ccc(C(=O)COc2c(Br)cccc2Br)cc1OC. The summed E-state index contributed by atoms with van der Waals surface area (Å²) in [6.07, 6.45) is 0. The van der Waals surface area contributed by atoms with E-state index in [1.807, 2.05) is 18.2 Å². The molecule has 0 bridgehead atoms. The van der Waals surface area contributed by atoms with Crippen LogP contribution in [-0.2, 0) is 0 Å². The smallest absolute Gasteiger partial charge is 0.200 e. The van der Waals surface area contributed by atoms with Gasteiger partial charge in [-0.25, -0.2) is 0 Å². The molecule has 0 aliphatic rings. The predicted octanol–water partition coefficient (Wildman–Crippen LogP) is 4.49. The van der Waals surface area contributed by atoms with Crippen LogP contribution in [0, 0.1) is 0 Å². The first-order chi connectivity index (χ1) is 10.6. The lowest BCUT2D eigenvalue weighted by Gasteiger charge is -2.11.